The normalized spacial score (nSPS) is 22.8. The van der Waals surface area contributed by atoms with Crippen molar-refractivity contribution in [3.05, 3.63) is 35.4 Å². The Balaban J connectivity index is 1.51. The average Bonchev–Trinajstić information content (AvgIpc) is 3.48. The highest BCUT2D eigenvalue weighted by Crippen LogP contribution is 2.43. The Hall–Kier alpha value is -1.69. The van der Waals surface area contributed by atoms with Crippen molar-refractivity contribution in [3.63, 3.8) is 0 Å². The Morgan fingerprint density at radius 3 is 2.68 bits per heavy atom. The standard InChI is InChI=1S/C19H27F2N3O/c1-3-22-19(24(2)9-10-25-12-13-7-8-13)23-17-11-14(17)18-15(20)5-4-6-16(18)21/h4-6,13-14,17H,3,7-12H2,1-2H3,(H,22,23). The molecule has 0 bridgehead atoms. The Morgan fingerprint density at radius 2 is 2.04 bits per heavy atom. The van der Waals surface area contributed by atoms with Crippen molar-refractivity contribution in [2.24, 2.45) is 10.9 Å². The predicted molar refractivity (Wildman–Crippen MR) is 94.8 cm³/mol. The maximum Gasteiger partial charge on any atom is 0.193 e. The summed E-state index contributed by atoms with van der Waals surface area (Å²) in [5.74, 6) is 0.454. The number of hydrogen-bond donors (Lipinski definition) is 1. The van der Waals surface area contributed by atoms with Gasteiger partial charge < -0.3 is 15.0 Å². The van der Waals surface area contributed by atoms with Crippen molar-refractivity contribution in [2.75, 3.05) is 33.4 Å². The molecule has 3 rings (SSSR count). The van der Waals surface area contributed by atoms with Gasteiger partial charge in [0.1, 0.15) is 11.6 Å². The molecule has 1 aromatic rings. The topological polar surface area (TPSA) is 36.9 Å². The molecule has 2 fully saturated rings. The fraction of sp³-hybridized carbons (Fsp3) is 0.632. The van der Waals surface area contributed by atoms with Crippen LogP contribution in [0.4, 0.5) is 8.78 Å². The zero-order valence-electron chi connectivity index (χ0n) is 15.0. The van der Waals surface area contributed by atoms with Crippen LogP contribution in [0.15, 0.2) is 23.2 Å². The van der Waals surface area contributed by atoms with Gasteiger partial charge >= 0.3 is 0 Å². The summed E-state index contributed by atoms with van der Waals surface area (Å²) in [6.07, 6.45) is 3.29. The molecule has 2 aliphatic rings. The average molecular weight is 351 g/mol. The molecule has 2 saturated carbocycles. The molecule has 25 heavy (non-hydrogen) atoms. The Bertz CT molecular complexity index is 598. The van der Waals surface area contributed by atoms with Crippen LogP contribution >= 0.6 is 0 Å². The van der Waals surface area contributed by atoms with E-state index in [-0.39, 0.29) is 17.5 Å². The maximum absolute atomic E-state index is 13.9. The number of nitrogens with one attached hydrogen (secondary N) is 1. The van der Waals surface area contributed by atoms with Crippen LogP contribution < -0.4 is 5.32 Å². The first-order valence-corrected chi connectivity index (χ1v) is 9.14. The van der Waals surface area contributed by atoms with Gasteiger partial charge in [-0.2, -0.15) is 0 Å². The van der Waals surface area contributed by atoms with Gasteiger partial charge in [0.15, 0.2) is 5.96 Å². The molecule has 0 amide bonds. The largest absolute Gasteiger partial charge is 0.379 e. The van der Waals surface area contributed by atoms with E-state index in [2.05, 4.69) is 10.3 Å². The molecule has 0 spiro atoms. The summed E-state index contributed by atoms with van der Waals surface area (Å²) in [5, 5.41) is 3.34. The minimum Gasteiger partial charge on any atom is -0.379 e. The predicted octanol–water partition coefficient (Wildman–Crippen LogP) is 3.14. The number of benzene rings is 1. The fourth-order valence-electron chi connectivity index (χ4n) is 2.97. The molecular formula is C19H27F2N3O. The highest BCUT2D eigenvalue weighted by Gasteiger charge is 2.42. The molecular weight excluding hydrogens is 324 g/mol. The van der Waals surface area contributed by atoms with Crippen molar-refractivity contribution in [1.82, 2.24) is 10.2 Å². The molecule has 2 aliphatic carbocycles. The van der Waals surface area contributed by atoms with Crippen molar-refractivity contribution < 1.29 is 13.5 Å². The van der Waals surface area contributed by atoms with Crippen LogP contribution in [0.3, 0.4) is 0 Å². The van der Waals surface area contributed by atoms with Crippen LogP contribution in [0.5, 0.6) is 0 Å². The minimum absolute atomic E-state index is 0.0199. The first-order valence-electron chi connectivity index (χ1n) is 9.14. The van der Waals surface area contributed by atoms with Gasteiger partial charge in [0.05, 0.1) is 6.61 Å². The number of likely N-dealkylation sites (N-methyl/N-ethyl adjacent to an activating group) is 1. The van der Waals surface area contributed by atoms with Crippen molar-refractivity contribution in [2.45, 2.75) is 38.1 Å². The van der Waals surface area contributed by atoms with E-state index in [1.807, 2.05) is 18.9 Å². The third kappa shape index (κ3) is 4.91. The summed E-state index contributed by atoms with van der Waals surface area (Å²) in [6.45, 7) is 4.87. The van der Waals surface area contributed by atoms with Gasteiger partial charge in [-0.05, 0) is 44.2 Å². The Morgan fingerprint density at radius 1 is 1.32 bits per heavy atom. The summed E-state index contributed by atoms with van der Waals surface area (Å²) in [7, 11) is 1.96. The van der Waals surface area contributed by atoms with Crippen LogP contribution in [0.25, 0.3) is 0 Å². The lowest BCUT2D eigenvalue weighted by atomic mass is 10.1. The van der Waals surface area contributed by atoms with E-state index in [4.69, 9.17) is 4.74 Å². The molecule has 4 nitrogen and oxygen atoms in total. The summed E-state index contributed by atoms with van der Waals surface area (Å²) in [6, 6.07) is 4.06. The molecule has 0 heterocycles. The van der Waals surface area contributed by atoms with Gasteiger partial charge in [-0.1, -0.05) is 6.07 Å². The second-order valence-electron chi connectivity index (χ2n) is 6.97. The molecule has 138 valence electrons. The fourth-order valence-corrected chi connectivity index (χ4v) is 2.97. The van der Waals surface area contributed by atoms with Crippen LogP contribution in [-0.2, 0) is 4.74 Å². The molecule has 1 N–H and O–H groups in total. The number of rotatable bonds is 8. The zero-order valence-corrected chi connectivity index (χ0v) is 15.0. The van der Waals surface area contributed by atoms with E-state index in [1.54, 1.807) is 0 Å². The number of halogens is 2. The van der Waals surface area contributed by atoms with Crippen LogP contribution in [0.1, 0.15) is 37.7 Å². The van der Waals surface area contributed by atoms with Gasteiger partial charge in [-0.3, -0.25) is 4.99 Å². The van der Waals surface area contributed by atoms with Crippen LogP contribution in [0.2, 0.25) is 0 Å². The van der Waals surface area contributed by atoms with Gasteiger partial charge in [0.2, 0.25) is 0 Å². The smallest absolute Gasteiger partial charge is 0.193 e. The molecule has 2 unspecified atom stereocenters. The van der Waals surface area contributed by atoms with E-state index >= 15 is 0 Å². The Labute approximate surface area is 148 Å². The molecule has 2 atom stereocenters. The Kier molecular flexibility index (Phi) is 5.89. The van der Waals surface area contributed by atoms with E-state index < -0.39 is 11.6 Å². The number of guanidine groups is 1. The molecule has 6 heteroatoms. The molecule has 0 aliphatic heterocycles. The summed E-state index contributed by atoms with van der Waals surface area (Å²) in [5.41, 5.74) is 0.186. The van der Waals surface area contributed by atoms with E-state index in [0.29, 0.717) is 19.6 Å². The van der Waals surface area contributed by atoms with Crippen molar-refractivity contribution in [3.8, 4) is 0 Å². The second-order valence-corrected chi connectivity index (χ2v) is 6.97. The van der Waals surface area contributed by atoms with E-state index in [9.17, 15) is 8.78 Å². The van der Waals surface area contributed by atoms with Crippen LogP contribution in [0, 0.1) is 17.6 Å². The third-order valence-electron chi connectivity index (χ3n) is 4.77. The lowest BCUT2D eigenvalue weighted by molar-refractivity contribution is 0.115. The quantitative estimate of drug-likeness (QED) is 0.444. The third-order valence-corrected chi connectivity index (χ3v) is 4.77. The van der Waals surface area contributed by atoms with E-state index in [0.717, 1.165) is 25.0 Å². The number of hydrogen-bond acceptors (Lipinski definition) is 2. The second kappa shape index (κ2) is 8.13. The van der Waals surface area contributed by atoms with Gasteiger partial charge in [0, 0.05) is 44.3 Å². The number of ether oxygens (including phenoxy) is 1. The number of aliphatic imine (C=N–C) groups is 1. The highest BCUT2D eigenvalue weighted by atomic mass is 19.1. The SMILES string of the molecule is CCN=C(NC1CC1c1c(F)cccc1F)N(C)CCOCC1CC1. The van der Waals surface area contributed by atoms with E-state index in [1.165, 1.54) is 31.0 Å². The molecule has 1 aromatic carbocycles. The molecule has 0 aromatic heterocycles. The van der Waals surface area contributed by atoms with Crippen molar-refractivity contribution >= 4 is 5.96 Å². The monoisotopic (exact) mass is 351 g/mol. The molecule has 0 radical (unpaired) electrons. The summed E-state index contributed by atoms with van der Waals surface area (Å²) < 4.78 is 33.5. The highest BCUT2D eigenvalue weighted by molar-refractivity contribution is 5.80. The summed E-state index contributed by atoms with van der Waals surface area (Å²) in [4.78, 5) is 6.51. The van der Waals surface area contributed by atoms with Crippen LogP contribution in [-0.4, -0.2) is 50.3 Å². The lowest BCUT2D eigenvalue weighted by Gasteiger charge is -2.22. The first-order chi connectivity index (χ1) is 12.1. The van der Waals surface area contributed by atoms with Crippen molar-refractivity contribution in [1.29, 1.82) is 0 Å². The molecule has 0 saturated heterocycles. The van der Waals surface area contributed by atoms with Gasteiger partial charge in [-0.15, -0.1) is 0 Å². The summed E-state index contributed by atoms with van der Waals surface area (Å²) >= 11 is 0. The maximum atomic E-state index is 13.9. The lowest BCUT2D eigenvalue weighted by Crippen LogP contribution is -2.42. The van der Waals surface area contributed by atoms with Gasteiger partial charge in [-0.25, -0.2) is 8.78 Å². The zero-order chi connectivity index (χ0) is 17.8. The van der Waals surface area contributed by atoms with Gasteiger partial charge in [0.25, 0.3) is 0 Å². The number of nitrogens with zero attached hydrogens (tertiary/aromatic N) is 2. The first kappa shape index (κ1) is 18.1. The minimum atomic E-state index is -0.467.